The van der Waals surface area contributed by atoms with E-state index in [-0.39, 0.29) is 16.2 Å². The quantitative estimate of drug-likeness (QED) is 0.697. The molecule has 0 saturated carbocycles. The van der Waals surface area contributed by atoms with Gasteiger partial charge in [0.2, 0.25) is 0 Å². The van der Waals surface area contributed by atoms with Gasteiger partial charge in [-0.3, -0.25) is 9.35 Å². The molecule has 0 amide bonds. The number of carbonyl (C=O) groups is 1. The van der Waals surface area contributed by atoms with Crippen molar-refractivity contribution >= 4 is 21.6 Å². The second kappa shape index (κ2) is 5.52. The smallest absolute Gasteiger partial charge is 0.294 e. The van der Waals surface area contributed by atoms with Crippen LogP contribution in [0.1, 0.15) is 38.1 Å². The zero-order valence-electron chi connectivity index (χ0n) is 14.5. The van der Waals surface area contributed by atoms with Crippen LogP contribution in [0.2, 0.25) is 0 Å². The number of nitrogens with one attached hydrogen (secondary N) is 2. The average molecular weight is 373 g/mol. The number of fused-ring (bicyclic) bond motifs is 2. The van der Waals surface area contributed by atoms with Gasteiger partial charge in [-0.15, -0.1) is 0 Å². The van der Waals surface area contributed by atoms with Crippen molar-refractivity contribution in [1.82, 2.24) is 15.3 Å². The van der Waals surface area contributed by atoms with Crippen molar-refractivity contribution in [2.24, 2.45) is 0 Å². The number of hydrogen-bond donors (Lipinski definition) is 3. The van der Waals surface area contributed by atoms with Crippen LogP contribution >= 0.6 is 0 Å². The molecule has 136 valence electrons. The average Bonchev–Trinajstić information content (AvgIpc) is 2.98. The molecule has 2 heterocycles. The van der Waals surface area contributed by atoms with Crippen LogP contribution in [0.25, 0.3) is 17.1 Å². The minimum absolute atomic E-state index is 0.163. The molecule has 0 fully saturated rings. The van der Waals surface area contributed by atoms with Gasteiger partial charge < -0.3 is 10.3 Å². The Balaban J connectivity index is 1.75. The Kier molecular flexibility index (Phi) is 3.61. The molecule has 2 aromatic rings. The highest BCUT2D eigenvalue weighted by Crippen LogP contribution is 2.36. The van der Waals surface area contributed by atoms with E-state index in [1.807, 2.05) is 13.8 Å². The lowest BCUT2D eigenvalue weighted by atomic mass is 9.83. The molecule has 7 nitrogen and oxygen atoms in total. The molecular formula is C18H19N3O4S. The lowest BCUT2D eigenvalue weighted by Crippen LogP contribution is -2.45. The van der Waals surface area contributed by atoms with Crippen molar-refractivity contribution in [2.75, 3.05) is 0 Å². The van der Waals surface area contributed by atoms with Gasteiger partial charge in [-0.05, 0) is 51.0 Å². The molecule has 8 heteroatoms. The summed E-state index contributed by atoms with van der Waals surface area (Å²) in [5, 5.41) is 3.45. The van der Waals surface area contributed by atoms with E-state index >= 15 is 0 Å². The first kappa shape index (κ1) is 17.0. The van der Waals surface area contributed by atoms with Crippen LogP contribution in [-0.4, -0.2) is 34.3 Å². The van der Waals surface area contributed by atoms with Gasteiger partial charge >= 0.3 is 0 Å². The fourth-order valence-electron chi connectivity index (χ4n) is 3.55. The zero-order valence-corrected chi connectivity index (χ0v) is 15.3. The summed E-state index contributed by atoms with van der Waals surface area (Å²) in [6, 6.07) is 5.85. The molecule has 1 aromatic heterocycles. The maximum atomic E-state index is 12.4. The van der Waals surface area contributed by atoms with Crippen LogP contribution in [0.5, 0.6) is 0 Å². The molecule has 0 spiro atoms. The van der Waals surface area contributed by atoms with Gasteiger partial charge in [0.1, 0.15) is 5.82 Å². The Morgan fingerprint density at radius 2 is 1.85 bits per heavy atom. The Bertz CT molecular complexity index is 1050. The molecule has 0 bridgehead atoms. The number of H-pyrrole nitrogens is 1. The van der Waals surface area contributed by atoms with Gasteiger partial charge in [0.05, 0.1) is 22.0 Å². The number of ketones is 1. The van der Waals surface area contributed by atoms with Crippen LogP contribution in [0.3, 0.4) is 0 Å². The highest BCUT2D eigenvalue weighted by atomic mass is 32.2. The van der Waals surface area contributed by atoms with E-state index in [0.717, 1.165) is 22.7 Å². The maximum Gasteiger partial charge on any atom is 0.294 e. The maximum absolute atomic E-state index is 12.4. The number of aryl methyl sites for hydroxylation is 1. The fraction of sp³-hybridized carbons (Fsp3) is 0.333. The molecule has 1 aromatic carbocycles. The first-order valence-corrected chi connectivity index (χ1v) is 9.80. The van der Waals surface area contributed by atoms with Crippen molar-refractivity contribution in [2.45, 2.75) is 43.5 Å². The normalized spacial score (nSPS) is 19.0. The largest absolute Gasteiger partial charge is 0.378 e. The molecule has 0 radical (unpaired) electrons. The second-order valence-electron chi connectivity index (χ2n) is 7.37. The highest BCUT2D eigenvalue weighted by molar-refractivity contribution is 7.85. The van der Waals surface area contributed by atoms with E-state index < -0.39 is 10.1 Å². The van der Waals surface area contributed by atoms with Crippen LogP contribution in [0.4, 0.5) is 0 Å². The standard InChI is InChI=1S/C18H19N3O4S/c1-18(2)9-14(22)12-7-8-13-16(15(12)21-18)20-17(19-13)10-3-5-11(6-4-10)26(23,24)25/h3-6,21H,7-9H2,1-2H3,(H,19,20)(H,23,24,25). The third-order valence-corrected chi connectivity index (χ3v) is 5.64. The fourth-order valence-corrected chi connectivity index (χ4v) is 4.03. The van der Waals surface area contributed by atoms with E-state index in [2.05, 4.69) is 15.3 Å². The molecule has 2 aliphatic rings. The summed E-state index contributed by atoms with van der Waals surface area (Å²) in [4.78, 5) is 20.2. The lowest BCUT2D eigenvalue weighted by Gasteiger charge is -2.36. The summed E-state index contributed by atoms with van der Waals surface area (Å²) in [5.74, 6) is 0.770. The number of Topliss-reactive ketones (excluding diaryl/α,β-unsaturated/α-hetero) is 1. The van der Waals surface area contributed by atoms with Crippen LogP contribution in [0.15, 0.2) is 34.7 Å². The van der Waals surface area contributed by atoms with Gasteiger partial charge in [0, 0.05) is 23.1 Å². The summed E-state index contributed by atoms with van der Waals surface area (Å²) >= 11 is 0. The van der Waals surface area contributed by atoms with Gasteiger partial charge in [-0.1, -0.05) is 0 Å². The van der Waals surface area contributed by atoms with Crippen LogP contribution in [-0.2, 0) is 21.3 Å². The molecule has 0 saturated heterocycles. The van der Waals surface area contributed by atoms with Crippen LogP contribution in [0, 0.1) is 0 Å². The Hall–Kier alpha value is -2.45. The molecule has 1 aliphatic carbocycles. The molecule has 26 heavy (non-hydrogen) atoms. The Morgan fingerprint density at radius 1 is 1.15 bits per heavy atom. The molecule has 0 unspecified atom stereocenters. The second-order valence-corrected chi connectivity index (χ2v) is 8.79. The number of aromatic amines is 1. The summed E-state index contributed by atoms with van der Waals surface area (Å²) in [6.07, 6.45) is 1.82. The van der Waals surface area contributed by atoms with E-state index in [0.29, 0.717) is 30.7 Å². The summed E-state index contributed by atoms with van der Waals surface area (Å²) in [5.41, 5.74) is 3.73. The number of hydrogen-bond acceptors (Lipinski definition) is 5. The number of aromatic nitrogens is 2. The highest BCUT2D eigenvalue weighted by Gasteiger charge is 2.36. The predicted octanol–water partition coefficient (Wildman–Crippen LogP) is 2.32. The van der Waals surface area contributed by atoms with Crippen molar-refractivity contribution < 1.29 is 17.8 Å². The van der Waals surface area contributed by atoms with E-state index in [4.69, 9.17) is 4.55 Å². The summed E-state index contributed by atoms with van der Waals surface area (Å²) in [7, 11) is -4.22. The Morgan fingerprint density at radius 3 is 2.50 bits per heavy atom. The van der Waals surface area contributed by atoms with Gasteiger partial charge in [0.15, 0.2) is 5.78 Å². The number of rotatable bonds is 2. The monoisotopic (exact) mass is 373 g/mol. The number of allylic oxidation sites excluding steroid dienone is 1. The zero-order chi connectivity index (χ0) is 18.7. The summed E-state index contributed by atoms with van der Waals surface area (Å²) in [6.45, 7) is 3.99. The molecule has 3 N–H and O–H groups in total. The number of nitrogens with zero attached hydrogens (tertiary/aromatic N) is 1. The van der Waals surface area contributed by atoms with Crippen molar-refractivity contribution in [3.05, 3.63) is 41.2 Å². The van der Waals surface area contributed by atoms with Crippen molar-refractivity contribution in [3.8, 4) is 11.4 Å². The van der Waals surface area contributed by atoms with E-state index in [1.54, 1.807) is 12.1 Å². The number of benzene rings is 1. The van der Waals surface area contributed by atoms with Crippen molar-refractivity contribution in [1.29, 1.82) is 0 Å². The SMILES string of the molecule is CC1(C)CC(=O)C2=C(N1)c1[nH]c(-c3ccc(S(=O)(=O)O)cc3)nc1CC2. The number of imidazole rings is 1. The predicted molar refractivity (Wildman–Crippen MR) is 95.9 cm³/mol. The lowest BCUT2D eigenvalue weighted by molar-refractivity contribution is -0.117. The van der Waals surface area contributed by atoms with Gasteiger partial charge in [-0.2, -0.15) is 8.42 Å². The third-order valence-electron chi connectivity index (χ3n) is 4.77. The number of carbonyl (C=O) groups excluding carboxylic acids is 1. The van der Waals surface area contributed by atoms with Crippen molar-refractivity contribution in [3.63, 3.8) is 0 Å². The molecule has 1 aliphatic heterocycles. The Labute approximate surface area is 151 Å². The first-order valence-electron chi connectivity index (χ1n) is 8.36. The molecular weight excluding hydrogens is 354 g/mol. The van der Waals surface area contributed by atoms with Crippen LogP contribution < -0.4 is 5.32 Å². The van der Waals surface area contributed by atoms with Gasteiger partial charge in [-0.25, -0.2) is 4.98 Å². The van der Waals surface area contributed by atoms with E-state index in [9.17, 15) is 13.2 Å². The van der Waals surface area contributed by atoms with E-state index in [1.165, 1.54) is 12.1 Å². The topological polar surface area (TPSA) is 112 Å². The molecule has 4 rings (SSSR count). The van der Waals surface area contributed by atoms with Gasteiger partial charge in [0.25, 0.3) is 10.1 Å². The first-order chi connectivity index (χ1) is 12.1. The minimum atomic E-state index is -4.22. The minimum Gasteiger partial charge on any atom is -0.378 e. The molecule has 0 atom stereocenters. The summed E-state index contributed by atoms with van der Waals surface area (Å²) < 4.78 is 31.4. The third kappa shape index (κ3) is 2.85.